The molecule has 0 radical (unpaired) electrons. The maximum atomic E-state index is 4.91. The van der Waals surface area contributed by atoms with E-state index in [4.69, 9.17) is 4.98 Å². The molecule has 1 saturated carbocycles. The highest BCUT2D eigenvalue weighted by atomic mass is 14.9. The van der Waals surface area contributed by atoms with Gasteiger partial charge >= 0.3 is 0 Å². The molecule has 0 spiro atoms. The molecule has 1 heterocycles. The lowest BCUT2D eigenvalue weighted by molar-refractivity contribution is 0.338. The molecule has 1 unspecified atom stereocenters. The Bertz CT molecular complexity index is 436. The van der Waals surface area contributed by atoms with Gasteiger partial charge in [-0.2, -0.15) is 0 Å². The molecule has 3 nitrogen and oxygen atoms in total. The molecule has 0 aliphatic heterocycles. The van der Waals surface area contributed by atoms with Crippen LogP contribution in [0.25, 0.3) is 0 Å². The van der Waals surface area contributed by atoms with E-state index < -0.39 is 0 Å². The Balaban J connectivity index is 1.81. The third kappa shape index (κ3) is 2.66. The third-order valence-electron chi connectivity index (χ3n) is 4.93. The van der Waals surface area contributed by atoms with Crippen molar-refractivity contribution in [2.45, 2.75) is 63.8 Å². The van der Waals surface area contributed by atoms with Crippen molar-refractivity contribution in [3.8, 4) is 0 Å². The lowest BCUT2D eigenvalue weighted by Crippen LogP contribution is -2.24. The first-order chi connectivity index (χ1) is 9.28. The van der Waals surface area contributed by atoms with Crippen LogP contribution >= 0.6 is 0 Å². The molecule has 1 aromatic rings. The number of aryl methyl sites for hydroxylation is 1. The number of hydrogen-bond acceptors (Lipinski definition) is 3. The molecule has 19 heavy (non-hydrogen) atoms. The molecular weight excluding hydrogens is 234 g/mol. The smallest absolute Gasteiger partial charge is 0.131 e. The average Bonchev–Trinajstić information content (AvgIpc) is 2.47. The maximum absolute atomic E-state index is 4.91. The van der Waals surface area contributed by atoms with Crippen molar-refractivity contribution in [2.75, 3.05) is 7.05 Å². The van der Waals surface area contributed by atoms with E-state index in [9.17, 15) is 0 Å². The van der Waals surface area contributed by atoms with Crippen LogP contribution in [0.15, 0.2) is 6.20 Å². The average molecular weight is 259 g/mol. The summed E-state index contributed by atoms with van der Waals surface area (Å²) in [5.74, 6) is 2.61. The van der Waals surface area contributed by atoms with E-state index in [1.807, 2.05) is 7.05 Å². The molecule has 3 rings (SSSR count). The first kappa shape index (κ1) is 13.0. The summed E-state index contributed by atoms with van der Waals surface area (Å²) in [6.45, 7) is 2.36. The first-order valence-corrected chi connectivity index (χ1v) is 7.81. The molecule has 1 fully saturated rings. The van der Waals surface area contributed by atoms with Crippen LogP contribution in [0.3, 0.4) is 0 Å². The van der Waals surface area contributed by atoms with Gasteiger partial charge in [0.05, 0.1) is 0 Å². The number of aromatic nitrogens is 2. The summed E-state index contributed by atoms with van der Waals surface area (Å²) in [5, 5.41) is 3.38. The van der Waals surface area contributed by atoms with Crippen LogP contribution in [0.1, 0.15) is 74.5 Å². The Morgan fingerprint density at radius 3 is 2.68 bits per heavy atom. The van der Waals surface area contributed by atoms with Crippen LogP contribution in [-0.4, -0.2) is 17.0 Å². The largest absolute Gasteiger partial charge is 0.313 e. The van der Waals surface area contributed by atoms with Crippen LogP contribution in [0.4, 0.5) is 0 Å². The second kappa shape index (κ2) is 5.58. The van der Waals surface area contributed by atoms with Gasteiger partial charge in [0.1, 0.15) is 5.82 Å². The van der Waals surface area contributed by atoms with Gasteiger partial charge in [0.2, 0.25) is 0 Å². The van der Waals surface area contributed by atoms with Crippen molar-refractivity contribution in [1.29, 1.82) is 0 Å². The van der Waals surface area contributed by atoms with E-state index in [0.29, 0.717) is 12.0 Å². The topological polar surface area (TPSA) is 37.8 Å². The Morgan fingerprint density at radius 1 is 1.16 bits per heavy atom. The highest BCUT2D eigenvalue weighted by molar-refractivity contribution is 5.25. The second-order valence-corrected chi connectivity index (χ2v) is 6.32. The monoisotopic (exact) mass is 259 g/mol. The SMILES string of the molecule is CNC1CCCc2nc(C3CCC(C)CC3)ncc21. The Hall–Kier alpha value is -0.960. The van der Waals surface area contributed by atoms with Crippen molar-refractivity contribution < 1.29 is 0 Å². The zero-order valence-corrected chi connectivity index (χ0v) is 12.2. The fourth-order valence-corrected chi connectivity index (χ4v) is 3.58. The normalized spacial score (nSPS) is 30.9. The highest BCUT2D eigenvalue weighted by Gasteiger charge is 2.25. The standard InChI is InChI=1S/C16H25N3/c1-11-6-8-12(9-7-11)16-18-10-13-14(17-2)4-3-5-15(13)19-16/h10-12,14,17H,3-9H2,1-2H3. The summed E-state index contributed by atoms with van der Waals surface area (Å²) >= 11 is 0. The molecule has 104 valence electrons. The summed E-state index contributed by atoms with van der Waals surface area (Å²) < 4.78 is 0. The van der Waals surface area contributed by atoms with Crippen molar-refractivity contribution in [1.82, 2.24) is 15.3 Å². The van der Waals surface area contributed by atoms with Gasteiger partial charge in [0.25, 0.3) is 0 Å². The first-order valence-electron chi connectivity index (χ1n) is 7.81. The van der Waals surface area contributed by atoms with Gasteiger partial charge in [-0.3, -0.25) is 0 Å². The van der Waals surface area contributed by atoms with Gasteiger partial charge in [0, 0.05) is 29.4 Å². The molecule has 0 amide bonds. The second-order valence-electron chi connectivity index (χ2n) is 6.32. The van der Waals surface area contributed by atoms with Crippen LogP contribution < -0.4 is 5.32 Å². The van der Waals surface area contributed by atoms with Gasteiger partial charge in [-0.1, -0.05) is 19.8 Å². The fourth-order valence-electron chi connectivity index (χ4n) is 3.58. The van der Waals surface area contributed by atoms with E-state index in [1.165, 1.54) is 49.8 Å². The molecule has 0 bridgehead atoms. The van der Waals surface area contributed by atoms with Crippen molar-refractivity contribution in [3.05, 3.63) is 23.3 Å². The summed E-state index contributed by atoms with van der Waals surface area (Å²) in [5.41, 5.74) is 2.64. The zero-order valence-electron chi connectivity index (χ0n) is 12.2. The van der Waals surface area contributed by atoms with E-state index in [1.54, 1.807) is 0 Å². The summed E-state index contributed by atoms with van der Waals surface area (Å²) in [4.78, 5) is 9.60. The highest BCUT2D eigenvalue weighted by Crippen LogP contribution is 2.35. The van der Waals surface area contributed by atoms with Gasteiger partial charge in [-0.05, 0) is 45.1 Å². The predicted octanol–water partition coefficient (Wildman–Crippen LogP) is 3.37. The number of hydrogen-bond donors (Lipinski definition) is 1. The lowest BCUT2D eigenvalue weighted by atomic mass is 9.82. The Kier molecular flexibility index (Phi) is 3.83. The minimum atomic E-state index is 0.462. The minimum Gasteiger partial charge on any atom is -0.313 e. The number of nitrogens with one attached hydrogen (secondary N) is 1. The molecule has 1 N–H and O–H groups in total. The van der Waals surface area contributed by atoms with E-state index in [2.05, 4.69) is 23.4 Å². The van der Waals surface area contributed by atoms with Crippen LogP contribution in [0.2, 0.25) is 0 Å². The molecule has 1 atom stereocenters. The summed E-state index contributed by atoms with van der Waals surface area (Å²) in [7, 11) is 2.04. The number of nitrogens with zero attached hydrogens (tertiary/aromatic N) is 2. The van der Waals surface area contributed by atoms with Gasteiger partial charge in [0.15, 0.2) is 0 Å². The van der Waals surface area contributed by atoms with Gasteiger partial charge in [-0.25, -0.2) is 9.97 Å². The molecular formula is C16H25N3. The number of rotatable bonds is 2. The van der Waals surface area contributed by atoms with Gasteiger partial charge in [-0.15, -0.1) is 0 Å². The molecule has 2 aliphatic carbocycles. The van der Waals surface area contributed by atoms with E-state index in [0.717, 1.165) is 18.2 Å². The van der Waals surface area contributed by atoms with Crippen molar-refractivity contribution in [2.24, 2.45) is 5.92 Å². The van der Waals surface area contributed by atoms with Crippen LogP contribution in [0, 0.1) is 5.92 Å². The quantitative estimate of drug-likeness (QED) is 0.885. The summed E-state index contributed by atoms with van der Waals surface area (Å²) in [6.07, 6.45) is 10.9. The minimum absolute atomic E-state index is 0.462. The lowest BCUT2D eigenvalue weighted by Gasteiger charge is -2.28. The van der Waals surface area contributed by atoms with Gasteiger partial charge < -0.3 is 5.32 Å². The zero-order chi connectivity index (χ0) is 13.2. The molecule has 0 aromatic carbocycles. The van der Waals surface area contributed by atoms with E-state index >= 15 is 0 Å². The predicted molar refractivity (Wildman–Crippen MR) is 77.1 cm³/mol. The molecule has 0 saturated heterocycles. The Morgan fingerprint density at radius 2 is 1.95 bits per heavy atom. The Labute approximate surface area is 116 Å². The maximum Gasteiger partial charge on any atom is 0.131 e. The summed E-state index contributed by atoms with van der Waals surface area (Å²) in [6, 6.07) is 0.462. The fraction of sp³-hybridized carbons (Fsp3) is 0.750. The molecule has 3 heteroatoms. The van der Waals surface area contributed by atoms with Crippen molar-refractivity contribution >= 4 is 0 Å². The van der Waals surface area contributed by atoms with Crippen LogP contribution in [-0.2, 0) is 6.42 Å². The van der Waals surface area contributed by atoms with Crippen molar-refractivity contribution in [3.63, 3.8) is 0 Å². The molecule has 1 aromatic heterocycles. The third-order valence-corrected chi connectivity index (χ3v) is 4.93. The van der Waals surface area contributed by atoms with E-state index in [-0.39, 0.29) is 0 Å². The van der Waals surface area contributed by atoms with Crippen LogP contribution in [0.5, 0.6) is 0 Å². The number of fused-ring (bicyclic) bond motifs is 1. The molecule has 2 aliphatic rings.